The molecule has 3 aromatic rings. The highest BCUT2D eigenvalue weighted by atomic mass is 35.5. The molecule has 144 valence electrons. The summed E-state index contributed by atoms with van der Waals surface area (Å²) in [6.07, 6.45) is 1.96. The van der Waals surface area contributed by atoms with E-state index in [1.165, 1.54) is 0 Å². The Morgan fingerprint density at radius 2 is 2.04 bits per heavy atom. The van der Waals surface area contributed by atoms with Crippen LogP contribution < -0.4 is 4.74 Å². The van der Waals surface area contributed by atoms with Crippen LogP contribution in [0.2, 0.25) is 5.02 Å². The Morgan fingerprint density at radius 3 is 2.86 bits per heavy atom. The van der Waals surface area contributed by atoms with Crippen molar-refractivity contribution in [2.45, 2.75) is 25.8 Å². The minimum absolute atomic E-state index is 0.153. The largest absolute Gasteiger partial charge is 0.494 e. The average molecular weight is 396 g/mol. The predicted molar refractivity (Wildman–Crippen MR) is 109 cm³/mol. The Kier molecular flexibility index (Phi) is 5.63. The molecule has 2 aromatic carbocycles. The lowest BCUT2D eigenvalue weighted by molar-refractivity contribution is -0.132. The molecule has 0 spiro atoms. The number of nitrogens with zero attached hydrogens (tertiary/aromatic N) is 2. The summed E-state index contributed by atoms with van der Waals surface area (Å²) >= 11 is 6.12. The number of para-hydroxylation sites is 1. The highest BCUT2D eigenvalue weighted by molar-refractivity contribution is 6.30. The number of hydrogen-bond donors (Lipinski definition) is 1. The van der Waals surface area contributed by atoms with E-state index in [0.29, 0.717) is 37.6 Å². The summed E-state index contributed by atoms with van der Waals surface area (Å²) in [5, 5.41) is 8.27. The molecular formula is C22H22ClN3O2. The molecule has 0 bridgehead atoms. The fourth-order valence-electron chi connectivity index (χ4n) is 3.47. The minimum Gasteiger partial charge on any atom is -0.494 e. The van der Waals surface area contributed by atoms with Crippen LogP contribution in [-0.4, -0.2) is 34.2 Å². The van der Waals surface area contributed by atoms with Crippen LogP contribution in [-0.2, 0) is 17.8 Å². The molecule has 28 heavy (non-hydrogen) atoms. The first-order valence-electron chi connectivity index (χ1n) is 9.48. The number of nitrogens with one attached hydrogen (secondary N) is 1. The van der Waals surface area contributed by atoms with Gasteiger partial charge in [0.05, 0.1) is 12.3 Å². The summed E-state index contributed by atoms with van der Waals surface area (Å²) in [5.74, 6) is 0.989. The second-order valence-corrected chi connectivity index (χ2v) is 7.31. The molecule has 6 heteroatoms. The summed E-state index contributed by atoms with van der Waals surface area (Å²) in [4.78, 5) is 14.6. The molecule has 0 atom stereocenters. The maximum atomic E-state index is 12.7. The molecule has 4 rings (SSSR count). The van der Waals surface area contributed by atoms with E-state index >= 15 is 0 Å². The molecule has 1 amide bonds. The van der Waals surface area contributed by atoms with Crippen LogP contribution in [0.3, 0.4) is 0 Å². The smallest absolute Gasteiger partial charge is 0.223 e. The zero-order valence-electron chi connectivity index (χ0n) is 15.5. The van der Waals surface area contributed by atoms with Crippen LogP contribution in [0.15, 0.2) is 54.6 Å². The van der Waals surface area contributed by atoms with Gasteiger partial charge in [0.2, 0.25) is 5.91 Å². The normalized spacial score (nSPS) is 13.2. The Morgan fingerprint density at radius 1 is 1.18 bits per heavy atom. The van der Waals surface area contributed by atoms with Gasteiger partial charge in [-0.2, -0.15) is 5.10 Å². The van der Waals surface area contributed by atoms with Crippen molar-refractivity contribution in [3.63, 3.8) is 0 Å². The van der Waals surface area contributed by atoms with Crippen molar-refractivity contribution >= 4 is 17.5 Å². The molecule has 0 fully saturated rings. The van der Waals surface area contributed by atoms with Crippen LogP contribution in [0.5, 0.6) is 5.75 Å². The average Bonchev–Trinajstić information content (AvgIpc) is 3.15. The SMILES string of the molecule is O=C(CCCOc1ccccc1)N1CCc2[nH]nc(-c3cccc(Cl)c3)c2C1. The first-order chi connectivity index (χ1) is 13.7. The number of amides is 1. The molecule has 1 aliphatic heterocycles. The van der Waals surface area contributed by atoms with E-state index in [0.717, 1.165) is 34.7 Å². The van der Waals surface area contributed by atoms with Crippen LogP contribution in [0, 0.1) is 0 Å². The Hall–Kier alpha value is -2.79. The van der Waals surface area contributed by atoms with Gasteiger partial charge in [-0.25, -0.2) is 0 Å². The zero-order valence-corrected chi connectivity index (χ0v) is 16.3. The van der Waals surface area contributed by atoms with E-state index in [2.05, 4.69) is 10.2 Å². The summed E-state index contributed by atoms with van der Waals surface area (Å²) in [6, 6.07) is 17.3. The number of hydrogen-bond acceptors (Lipinski definition) is 3. The minimum atomic E-state index is 0.153. The highest BCUT2D eigenvalue weighted by Gasteiger charge is 2.25. The van der Waals surface area contributed by atoms with E-state index < -0.39 is 0 Å². The van der Waals surface area contributed by atoms with Crippen molar-refractivity contribution in [3.05, 3.63) is 70.9 Å². The third-order valence-electron chi connectivity index (χ3n) is 4.93. The Bertz CT molecular complexity index is 955. The van der Waals surface area contributed by atoms with Crippen LogP contribution in [0.1, 0.15) is 24.1 Å². The fourth-order valence-corrected chi connectivity index (χ4v) is 3.66. The summed E-state index contributed by atoms with van der Waals surface area (Å²) in [5.41, 5.74) is 4.03. The molecule has 0 unspecified atom stereocenters. The number of ether oxygens (including phenoxy) is 1. The second-order valence-electron chi connectivity index (χ2n) is 6.87. The molecule has 0 radical (unpaired) electrons. The van der Waals surface area contributed by atoms with Crippen molar-refractivity contribution in [3.8, 4) is 17.0 Å². The standard InChI is InChI=1S/C22H22ClN3O2/c23-17-7-4-6-16(14-17)22-19-15-26(12-11-20(19)24-25-22)21(27)10-5-13-28-18-8-2-1-3-9-18/h1-4,6-9,14H,5,10-13,15H2,(H,24,25). The second kappa shape index (κ2) is 8.48. The van der Waals surface area contributed by atoms with E-state index in [1.54, 1.807) is 0 Å². The lowest BCUT2D eigenvalue weighted by Crippen LogP contribution is -2.36. The monoisotopic (exact) mass is 395 g/mol. The Labute approximate surface area is 169 Å². The molecule has 1 aromatic heterocycles. The Balaban J connectivity index is 1.35. The number of rotatable bonds is 6. The number of halogens is 1. The van der Waals surface area contributed by atoms with E-state index in [1.807, 2.05) is 59.5 Å². The third kappa shape index (κ3) is 4.20. The third-order valence-corrected chi connectivity index (χ3v) is 5.17. The van der Waals surface area contributed by atoms with E-state index in [9.17, 15) is 4.79 Å². The first kappa shape index (κ1) is 18.6. The lowest BCUT2D eigenvalue weighted by atomic mass is 10.0. The molecule has 0 saturated carbocycles. The number of carbonyl (C=O) groups excluding carboxylic acids is 1. The number of aromatic nitrogens is 2. The van der Waals surface area contributed by atoms with Gasteiger partial charge in [0, 0.05) is 47.8 Å². The van der Waals surface area contributed by atoms with Crippen molar-refractivity contribution in [2.75, 3.05) is 13.2 Å². The lowest BCUT2D eigenvalue weighted by Gasteiger charge is -2.27. The van der Waals surface area contributed by atoms with Crippen LogP contribution >= 0.6 is 11.6 Å². The summed E-state index contributed by atoms with van der Waals surface area (Å²) in [6.45, 7) is 1.82. The highest BCUT2D eigenvalue weighted by Crippen LogP contribution is 2.30. The van der Waals surface area contributed by atoms with Gasteiger partial charge in [0.15, 0.2) is 0 Å². The maximum Gasteiger partial charge on any atom is 0.223 e. The maximum absolute atomic E-state index is 12.7. The summed E-state index contributed by atoms with van der Waals surface area (Å²) in [7, 11) is 0. The van der Waals surface area contributed by atoms with Crippen molar-refractivity contribution in [1.82, 2.24) is 15.1 Å². The van der Waals surface area contributed by atoms with Gasteiger partial charge in [-0.1, -0.05) is 41.9 Å². The van der Waals surface area contributed by atoms with Gasteiger partial charge in [0.1, 0.15) is 5.75 Å². The quantitative estimate of drug-likeness (QED) is 0.626. The zero-order chi connectivity index (χ0) is 19.3. The first-order valence-corrected chi connectivity index (χ1v) is 9.86. The number of H-pyrrole nitrogens is 1. The summed E-state index contributed by atoms with van der Waals surface area (Å²) < 4.78 is 5.68. The van der Waals surface area contributed by atoms with Gasteiger partial charge in [-0.15, -0.1) is 0 Å². The van der Waals surface area contributed by atoms with Gasteiger partial charge >= 0.3 is 0 Å². The van der Waals surface area contributed by atoms with Gasteiger partial charge in [-0.3, -0.25) is 9.89 Å². The van der Waals surface area contributed by atoms with Crippen molar-refractivity contribution in [1.29, 1.82) is 0 Å². The molecule has 0 aliphatic carbocycles. The fraction of sp³-hybridized carbons (Fsp3) is 0.273. The number of benzene rings is 2. The molecule has 1 aliphatic rings. The van der Waals surface area contributed by atoms with Gasteiger partial charge in [-0.05, 0) is 30.7 Å². The van der Waals surface area contributed by atoms with Crippen molar-refractivity contribution < 1.29 is 9.53 Å². The number of aromatic amines is 1. The van der Waals surface area contributed by atoms with Gasteiger partial charge in [0.25, 0.3) is 0 Å². The number of carbonyl (C=O) groups is 1. The molecular weight excluding hydrogens is 374 g/mol. The van der Waals surface area contributed by atoms with E-state index in [-0.39, 0.29) is 5.91 Å². The number of fused-ring (bicyclic) bond motifs is 1. The van der Waals surface area contributed by atoms with Crippen molar-refractivity contribution in [2.24, 2.45) is 0 Å². The molecule has 2 heterocycles. The topological polar surface area (TPSA) is 58.2 Å². The molecule has 0 saturated heterocycles. The van der Waals surface area contributed by atoms with Crippen LogP contribution in [0.4, 0.5) is 0 Å². The molecule has 1 N–H and O–H groups in total. The van der Waals surface area contributed by atoms with E-state index in [4.69, 9.17) is 16.3 Å². The van der Waals surface area contributed by atoms with Gasteiger partial charge < -0.3 is 9.64 Å². The van der Waals surface area contributed by atoms with Crippen LogP contribution in [0.25, 0.3) is 11.3 Å². The molecule has 5 nitrogen and oxygen atoms in total. The predicted octanol–water partition coefficient (Wildman–Crippen LogP) is 4.47.